The quantitative estimate of drug-likeness (QED) is 0.652. The third-order valence-electron chi connectivity index (χ3n) is 5.72. The predicted octanol–water partition coefficient (Wildman–Crippen LogP) is 5.44. The second-order valence-corrected chi connectivity index (χ2v) is 7.87. The molecule has 0 bridgehead atoms. The maximum Gasteiger partial charge on any atom is 0.165 e. The van der Waals surface area contributed by atoms with Crippen LogP contribution in [0.4, 0.5) is 4.39 Å². The van der Waals surface area contributed by atoms with E-state index in [0.29, 0.717) is 29.9 Å². The van der Waals surface area contributed by atoms with E-state index in [2.05, 4.69) is 18.0 Å². The Morgan fingerprint density at radius 3 is 2.78 bits per heavy atom. The molecule has 0 radical (unpaired) electrons. The van der Waals surface area contributed by atoms with Gasteiger partial charge in [0.25, 0.3) is 0 Å². The summed E-state index contributed by atoms with van der Waals surface area (Å²) in [6, 6.07) is 9.30. The van der Waals surface area contributed by atoms with Crippen molar-refractivity contribution in [2.45, 2.75) is 57.8 Å². The number of hydrogen-bond donors (Lipinski definition) is 0. The van der Waals surface area contributed by atoms with Crippen molar-refractivity contribution in [1.82, 2.24) is 4.98 Å². The predicted molar refractivity (Wildman–Crippen MR) is 105 cm³/mol. The first-order chi connectivity index (χ1) is 13.0. The minimum Gasteiger partial charge on any atom is -0.494 e. The number of aromatic nitrogens is 1. The van der Waals surface area contributed by atoms with Crippen molar-refractivity contribution in [2.75, 3.05) is 7.11 Å². The number of pyridine rings is 1. The Kier molecular flexibility index (Phi) is 6.25. The third-order valence-corrected chi connectivity index (χ3v) is 5.72. The lowest BCUT2D eigenvalue weighted by molar-refractivity contribution is -0.116. The van der Waals surface area contributed by atoms with Crippen LogP contribution in [-0.4, -0.2) is 17.9 Å². The number of carbonyl (C=O) groups is 1. The largest absolute Gasteiger partial charge is 0.494 e. The number of hydrogen-bond acceptors (Lipinski definition) is 3. The summed E-state index contributed by atoms with van der Waals surface area (Å²) in [7, 11) is 1.50. The molecule has 0 aliphatic heterocycles. The number of nitrogens with zero attached hydrogens (tertiary/aromatic N) is 1. The van der Waals surface area contributed by atoms with Crippen LogP contribution in [0.2, 0.25) is 0 Å². The highest BCUT2D eigenvalue weighted by atomic mass is 19.1. The maximum atomic E-state index is 13.6. The molecular weight excluding hydrogens is 341 g/mol. The molecule has 1 aliphatic carbocycles. The molecule has 0 N–H and O–H groups in total. The van der Waals surface area contributed by atoms with E-state index in [4.69, 9.17) is 4.74 Å². The summed E-state index contributed by atoms with van der Waals surface area (Å²) in [5.74, 6) is 1.74. The molecule has 1 aromatic carbocycles. The van der Waals surface area contributed by atoms with Gasteiger partial charge in [0.1, 0.15) is 5.78 Å². The molecule has 1 aromatic heterocycles. The normalized spacial score (nSPS) is 20.4. The highest BCUT2D eigenvalue weighted by Gasteiger charge is 2.27. The van der Waals surface area contributed by atoms with E-state index in [1.807, 2.05) is 24.4 Å². The molecule has 0 unspecified atom stereocenters. The maximum absolute atomic E-state index is 13.6. The van der Waals surface area contributed by atoms with Crippen LogP contribution in [0.1, 0.15) is 68.2 Å². The Morgan fingerprint density at radius 1 is 1.30 bits per heavy atom. The number of rotatable bonds is 7. The van der Waals surface area contributed by atoms with Crippen LogP contribution in [0.5, 0.6) is 5.75 Å². The summed E-state index contributed by atoms with van der Waals surface area (Å²) in [5.41, 5.74) is 3.26. The van der Waals surface area contributed by atoms with Crippen molar-refractivity contribution in [3.05, 3.63) is 59.2 Å². The molecule has 27 heavy (non-hydrogen) atoms. The number of carbonyl (C=O) groups excluding carboxylic acids is 1. The van der Waals surface area contributed by atoms with Gasteiger partial charge in [0, 0.05) is 18.3 Å². The highest BCUT2D eigenvalue weighted by Crippen LogP contribution is 2.42. The van der Waals surface area contributed by atoms with E-state index >= 15 is 0 Å². The summed E-state index contributed by atoms with van der Waals surface area (Å²) in [4.78, 5) is 15.7. The monoisotopic (exact) mass is 369 g/mol. The van der Waals surface area contributed by atoms with Crippen molar-refractivity contribution in [3.8, 4) is 5.75 Å². The molecule has 1 aliphatic rings. The Bertz CT molecular complexity index is 787. The lowest BCUT2D eigenvalue weighted by Crippen LogP contribution is -2.04. The molecule has 3 nitrogen and oxygen atoms in total. The molecule has 2 aromatic rings. The number of ether oxygens (including phenoxy) is 1. The van der Waals surface area contributed by atoms with Gasteiger partial charge in [-0.3, -0.25) is 9.78 Å². The zero-order valence-corrected chi connectivity index (χ0v) is 16.4. The van der Waals surface area contributed by atoms with Crippen molar-refractivity contribution in [1.29, 1.82) is 0 Å². The topological polar surface area (TPSA) is 39.2 Å². The van der Waals surface area contributed by atoms with Crippen LogP contribution in [0, 0.1) is 11.7 Å². The molecule has 0 amide bonds. The van der Waals surface area contributed by atoms with Crippen LogP contribution >= 0.6 is 0 Å². The van der Waals surface area contributed by atoms with Crippen LogP contribution in [0.3, 0.4) is 0 Å². The van der Waals surface area contributed by atoms with Crippen molar-refractivity contribution in [2.24, 2.45) is 5.92 Å². The zero-order valence-electron chi connectivity index (χ0n) is 16.4. The van der Waals surface area contributed by atoms with Gasteiger partial charge in [-0.05, 0) is 79.7 Å². The fourth-order valence-corrected chi connectivity index (χ4v) is 4.25. The molecule has 3 atom stereocenters. The SMILES string of the molecule is COc1cc([C@@H](C)C[C@H]2CC[C@@H](c3ccc(CC(C)=O)nc3)C2)ccc1F. The van der Waals surface area contributed by atoms with Gasteiger partial charge in [0.15, 0.2) is 11.6 Å². The number of ketones is 1. The van der Waals surface area contributed by atoms with E-state index in [1.54, 1.807) is 6.92 Å². The fourth-order valence-electron chi connectivity index (χ4n) is 4.25. The molecule has 0 saturated heterocycles. The van der Waals surface area contributed by atoms with E-state index in [-0.39, 0.29) is 11.6 Å². The van der Waals surface area contributed by atoms with Gasteiger partial charge in [-0.15, -0.1) is 0 Å². The average Bonchev–Trinajstić information content (AvgIpc) is 3.10. The zero-order chi connectivity index (χ0) is 19.4. The van der Waals surface area contributed by atoms with Gasteiger partial charge >= 0.3 is 0 Å². The van der Waals surface area contributed by atoms with E-state index in [1.165, 1.54) is 31.6 Å². The first-order valence-electron chi connectivity index (χ1n) is 9.74. The molecule has 1 heterocycles. The Hall–Kier alpha value is -2.23. The first kappa shape index (κ1) is 19.5. The van der Waals surface area contributed by atoms with E-state index in [0.717, 1.165) is 24.1 Å². The van der Waals surface area contributed by atoms with Gasteiger partial charge in [-0.1, -0.05) is 19.1 Å². The number of Topliss-reactive ketones (excluding diaryl/α,β-unsaturated/α-hetero) is 1. The summed E-state index contributed by atoms with van der Waals surface area (Å²) in [6.45, 7) is 3.80. The van der Waals surface area contributed by atoms with Gasteiger partial charge in [-0.2, -0.15) is 0 Å². The Balaban J connectivity index is 1.58. The molecule has 4 heteroatoms. The van der Waals surface area contributed by atoms with Crippen LogP contribution < -0.4 is 4.74 Å². The minimum absolute atomic E-state index is 0.141. The van der Waals surface area contributed by atoms with Crippen LogP contribution in [0.15, 0.2) is 36.5 Å². The lowest BCUT2D eigenvalue weighted by atomic mass is 9.88. The van der Waals surface area contributed by atoms with Gasteiger partial charge in [0.2, 0.25) is 0 Å². The molecular formula is C23H28FNO2. The lowest BCUT2D eigenvalue weighted by Gasteiger charge is -2.18. The number of benzene rings is 1. The third kappa shape index (κ3) is 4.94. The summed E-state index contributed by atoms with van der Waals surface area (Å²) in [5, 5.41) is 0. The summed E-state index contributed by atoms with van der Waals surface area (Å²) in [6.07, 6.45) is 7.00. The molecule has 1 saturated carbocycles. The highest BCUT2D eigenvalue weighted by molar-refractivity contribution is 5.77. The molecule has 0 spiro atoms. The smallest absolute Gasteiger partial charge is 0.165 e. The Morgan fingerprint density at radius 2 is 2.11 bits per heavy atom. The van der Waals surface area contributed by atoms with Crippen molar-refractivity contribution in [3.63, 3.8) is 0 Å². The molecule has 144 valence electrons. The van der Waals surface area contributed by atoms with E-state index < -0.39 is 0 Å². The number of methoxy groups -OCH3 is 1. The van der Waals surface area contributed by atoms with E-state index in [9.17, 15) is 9.18 Å². The fraction of sp³-hybridized carbons (Fsp3) is 0.478. The van der Waals surface area contributed by atoms with Gasteiger partial charge in [-0.25, -0.2) is 4.39 Å². The summed E-state index contributed by atoms with van der Waals surface area (Å²) < 4.78 is 18.7. The Labute approximate surface area is 161 Å². The summed E-state index contributed by atoms with van der Waals surface area (Å²) >= 11 is 0. The van der Waals surface area contributed by atoms with Gasteiger partial charge < -0.3 is 4.74 Å². The van der Waals surface area contributed by atoms with Crippen molar-refractivity contribution < 1.29 is 13.9 Å². The number of halogens is 1. The van der Waals surface area contributed by atoms with Crippen LogP contribution in [-0.2, 0) is 11.2 Å². The second kappa shape index (κ2) is 8.64. The molecule has 1 fully saturated rings. The molecule has 3 rings (SSSR count). The van der Waals surface area contributed by atoms with Gasteiger partial charge in [0.05, 0.1) is 7.11 Å². The average molecular weight is 369 g/mol. The first-order valence-corrected chi connectivity index (χ1v) is 9.74. The van der Waals surface area contributed by atoms with Crippen LogP contribution in [0.25, 0.3) is 0 Å². The second-order valence-electron chi connectivity index (χ2n) is 7.87. The standard InChI is InChI=1S/C23H28FNO2/c1-15(18-7-9-22(24)23(13-18)27-3)10-17-4-5-19(12-17)20-6-8-21(25-14-20)11-16(2)26/h6-9,13-15,17,19H,4-5,10-12H2,1-3H3/t15-,17+,19+/m0/s1. The minimum atomic E-state index is -0.310. The van der Waals surface area contributed by atoms with Crippen molar-refractivity contribution >= 4 is 5.78 Å².